The fraction of sp³-hybridized carbons (Fsp3) is 0.450. The molecular weight excluding hydrogens is 330 g/mol. The summed E-state index contributed by atoms with van der Waals surface area (Å²) in [6, 6.07) is 9.67. The summed E-state index contributed by atoms with van der Waals surface area (Å²) in [4.78, 5) is 26.6. The molecule has 0 aliphatic carbocycles. The minimum Gasteiger partial charge on any atom is -0.452 e. The maximum atomic E-state index is 12.6. The van der Waals surface area contributed by atoms with E-state index in [4.69, 9.17) is 4.74 Å². The van der Waals surface area contributed by atoms with Crippen LogP contribution in [0.4, 0.5) is 0 Å². The summed E-state index contributed by atoms with van der Waals surface area (Å²) in [5.74, 6) is -0.725. The number of ether oxygens (including phenoxy) is 1. The zero-order valence-corrected chi connectivity index (χ0v) is 16.3. The molecule has 1 aromatic heterocycles. The van der Waals surface area contributed by atoms with Crippen molar-refractivity contribution in [2.24, 2.45) is 0 Å². The molecule has 0 saturated carbocycles. The third-order valence-corrected chi connectivity index (χ3v) is 4.22. The summed E-state index contributed by atoms with van der Waals surface area (Å²) in [6.45, 7) is 11.1. The highest BCUT2D eigenvalue weighted by Gasteiger charge is 2.24. The van der Waals surface area contributed by atoms with Gasteiger partial charge >= 0.3 is 5.97 Å². The van der Waals surface area contributed by atoms with Crippen molar-refractivity contribution in [3.63, 3.8) is 0 Å². The lowest BCUT2D eigenvalue weighted by Gasteiger charge is -2.30. The van der Waals surface area contributed by atoms with Gasteiger partial charge < -0.3 is 9.64 Å². The molecule has 0 aliphatic heterocycles. The monoisotopic (exact) mass is 357 g/mol. The Morgan fingerprint density at radius 1 is 1.08 bits per heavy atom. The van der Waals surface area contributed by atoms with E-state index in [9.17, 15) is 9.59 Å². The maximum absolute atomic E-state index is 12.6. The second kappa shape index (κ2) is 8.17. The highest BCUT2D eigenvalue weighted by molar-refractivity contribution is 5.93. The van der Waals surface area contributed by atoms with Gasteiger partial charge in [0.15, 0.2) is 6.61 Å². The van der Waals surface area contributed by atoms with E-state index in [0.717, 1.165) is 5.69 Å². The van der Waals surface area contributed by atoms with Crippen molar-refractivity contribution >= 4 is 11.9 Å². The first kappa shape index (κ1) is 19.7. The molecule has 0 saturated heterocycles. The smallest absolute Gasteiger partial charge is 0.342 e. The quantitative estimate of drug-likeness (QED) is 0.744. The fourth-order valence-corrected chi connectivity index (χ4v) is 3.20. The number of benzene rings is 1. The van der Waals surface area contributed by atoms with Crippen molar-refractivity contribution in [1.82, 2.24) is 14.7 Å². The first-order chi connectivity index (χ1) is 12.2. The first-order valence-corrected chi connectivity index (χ1v) is 8.84. The number of hydrogen-bond acceptors (Lipinski definition) is 4. The molecule has 26 heavy (non-hydrogen) atoms. The van der Waals surface area contributed by atoms with Crippen LogP contribution in [-0.2, 0) is 9.53 Å². The number of hydrogen-bond donors (Lipinski definition) is 0. The molecule has 140 valence electrons. The molecule has 0 fully saturated rings. The van der Waals surface area contributed by atoms with Crippen molar-refractivity contribution in [2.75, 3.05) is 6.61 Å². The van der Waals surface area contributed by atoms with Crippen LogP contribution in [0.2, 0.25) is 0 Å². The predicted octanol–water partition coefficient (Wildman–Crippen LogP) is 3.29. The van der Waals surface area contributed by atoms with Gasteiger partial charge in [0.2, 0.25) is 0 Å². The SMILES string of the molecule is Cc1nn(-c2ccccc2)c(C)c1C(=O)OCC(=O)N(C(C)C)C(C)C. The van der Waals surface area contributed by atoms with Crippen LogP contribution in [0, 0.1) is 13.8 Å². The van der Waals surface area contributed by atoms with Gasteiger partial charge in [-0.2, -0.15) is 5.10 Å². The van der Waals surface area contributed by atoms with Crippen LogP contribution >= 0.6 is 0 Å². The van der Waals surface area contributed by atoms with Gasteiger partial charge in [-0.3, -0.25) is 4.79 Å². The molecule has 1 heterocycles. The number of carbonyl (C=O) groups excluding carboxylic acids is 2. The molecule has 1 aromatic carbocycles. The lowest BCUT2D eigenvalue weighted by molar-refractivity contribution is -0.138. The van der Waals surface area contributed by atoms with Crippen molar-refractivity contribution in [2.45, 2.75) is 53.6 Å². The molecule has 1 amide bonds. The van der Waals surface area contributed by atoms with E-state index in [1.807, 2.05) is 65.0 Å². The van der Waals surface area contributed by atoms with Crippen LogP contribution in [0.25, 0.3) is 5.69 Å². The van der Waals surface area contributed by atoms with Crippen LogP contribution in [0.5, 0.6) is 0 Å². The van der Waals surface area contributed by atoms with E-state index in [0.29, 0.717) is 17.0 Å². The summed E-state index contributed by atoms with van der Waals surface area (Å²) in [5, 5.41) is 4.44. The average molecular weight is 357 g/mol. The Balaban J connectivity index is 2.16. The highest BCUT2D eigenvalue weighted by atomic mass is 16.5. The average Bonchev–Trinajstić information content (AvgIpc) is 2.87. The molecule has 0 radical (unpaired) electrons. The van der Waals surface area contributed by atoms with Gasteiger partial charge in [0, 0.05) is 12.1 Å². The summed E-state index contributed by atoms with van der Waals surface area (Å²) in [5.41, 5.74) is 2.54. The summed E-state index contributed by atoms with van der Waals surface area (Å²) in [6.07, 6.45) is 0. The Labute approximate surface area is 154 Å². The van der Waals surface area contributed by atoms with E-state index in [2.05, 4.69) is 5.10 Å². The third-order valence-electron chi connectivity index (χ3n) is 4.22. The first-order valence-electron chi connectivity index (χ1n) is 8.84. The Bertz CT molecular complexity index is 771. The third kappa shape index (κ3) is 4.12. The van der Waals surface area contributed by atoms with E-state index in [-0.39, 0.29) is 24.6 Å². The van der Waals surface area contributed by atoms with E-state index in [1.54, 1.807) is 16.5 Å². The summed E-state index contributed by atoms with van der Waals surface area (Å²) in [7, 11) is 0. The number of amides is 1. The topological polar surface area (TPSA) is 64.4 Å². The number of nitrogens with zero attached hydrogens (tertiary/aromatic N) is 3. The Morgan fingerprint density at radius 2 is 1.65 bits per heavy atom. The predicted molar refractivity (Wildman–Crippen MR) is 100 cm³/mol. The van der Waals surface area contributed by atoms with Crippen molar-refractivity contribution in [3.05, 3.63) is 47.3 Å². The second-order valence-electron chi connectivity index (χ2n) is 6.86. The largest absolute Gasteiger partial charge is 0.452 e. The fourth-order valence-electron chi connectivity index (χ4n) is 3.20. The van der Waals surface area contributed by atoms with E-state index >= 15 is 0 Å². The number of carbonyl (C=O) groups is 2. The standard InChI is InChI=1S/C20H27N3O3/c1-13(2)22(14(3)4)18(24)12-26-20(25)19-15(5)21-23(16(19)6)17-10-8-7-9-11-17/h7-11,13-14H,12H2,1-6H3. The minimum atomic E-state index is -0.525. The van der Waals surface area contributed by atoms with Crippen LogP contribution in [-0.4, -0.2) is 45.2 Å². The molecule has 2 aromatic rings. The molecule has 2 rings (SSSR count). The number of aromatic nitrogens is 2. The molecule has 6 heteroatoms. The second-order valence-corrected chi connectivity index (χ2v) is 6.86. The summed E-state index contributed by atoms with van der Waals surface area (Å²) >= 11 is 0. The van der Waals surface area contributed by atoms with Gasteiger partial charge in [-0.15, -0.1) is 0 Å². The molecule has 6 nitrogen and oxygen atoms in total. The molecule has 0 aliphatic rings. The van der Waals surface area contributed by atoms with Gasteiger partial charge in [0.05, 0.1) is 17.1 Å². The molecular formula is C20H27N3O3. The number of aryl methyl sites for hydroxylation is 1. The van der Waals surface area contributed by atoms with Crippen molar-refractivity contribution < 1.29 is 14.3 Å². The Hall–Kier alpha value is -2.63. The molecule has 0 atom stereocenters. The van der Waals surface area contributed by atoms with Gasteiger partial charge in [-0.25, -0.2) is 9.48 Å². The summed E-state index contributed by atoms with van der Waals surface area (Å²) < 4.78 is 7.01. The molecule has 0 unspecified atom stereocenters. The van der Waals surface area contributed by atoms with Gasteiger partial charge in [-0.05, 0) is 53.7 Å². The molecule has 0 spiro atoms. The molecule has 0 N–H and O–H groups in total. The van der Waals surface area contributed by atoms with Crippen LogP contribution < -0.4 is 0 Å². The molecule has 0 bridgehead atoms. The number of esters is 1. The number of rotatable bonds is 6. The maximum Gasteiger partial charge on any atom is 0.342 e. The Morgan fingerprint density at radius 3 is 2.19 bits per heavy atom. The lowest BCUT2D eigenvalue weighted by atomic mass is 10.2. The zero-order chi connectivity index (χ0) is 19.4. The number of para-hydroxylation sites is 1. The van der Waals surface area contributed by atoms with Gasteiger partial charge in [0.25, 0.3) is 5.91 Å². The zero-order valence-electron chi connectivity index (χ0n) is 16.3. The van der Waals surface area contributed by atoms with E-state index in [1.165, 1.54) is 0 Å². The van der Waals surface area contributed by atoms with Crippen molar-refractivity contribution in [1.29, 1.82) is 0 Å². The lowest BCUT2D eigenvalue weighted by Crippen LogP contribution is -2.44. The normalized spacial score (nSPS) is 11.1. The van der Waals surface area contributed by atoms with Crippen LogP contribution in [0.15, 0.2) is 30.3 Å². The highest BCUT2D eigenvalue weighted by Crippen LogP contribution is 2.19. The van der Waals surface area contributed by atoms with Gasteiger partial charge in [0.1, 0.15) is 5.56 Å². The van der Waals surface area contributed by atoms with Gasteiger partial charge in [-0.1, -0.05) is 18.2 Å². The van der Waals surface area contributed by atoms with Crippen molar-refractivity contribution in [3.8, 4) is 5.69 Å². The van der Waals surface area contributed by atoms with Crippen LogP contribution in [0.1, 0.15) is 49.4 Å². The minimum absolute atomic E-state index is 0.0468. The Kier molecular flexibility index (Phi) is 6.18. The van der Waals surface area contributed by atoms with E-state index < -0.39 is 5.97 Å². The van der Waals surface area contributed by atoms with Crippen LogP contribution in [0.3, 0.4) is 0 Å².